The number of ether oxygens (including phenoxy) is 1. The van der Waals surface area contributed by atoms with Crippen LogP contribution in [0.1, 0.15) is 12.8 Å². The predicted molar refractivity (Wildman–Crippen MR) is 62.4 cm³/mol. The molecule has 1 aromatic rings. The zero-order chi connectivity index (χ0) is 9.26. The first-order valence-corrected chi connectivity index (χ1v) is 6.45. The summed E-state index contributed by atoms with van der Waals surface area (Å²) in [6.45, 7) is 0. The predicted octanol–water partition coefficient (Wildman–Crippen LogP) is 2.95. The Labute approximate surface area is 95.6 Å². The molecule has 0 spiro atoms. The quantitative estimate of drug-likeness (QED) is 0.633. The molecule has 0 bridgehead atoms. The summed E-state index contributed by atoms with van der Waals surface area (Å²) in [5, 5.41) is 0. The highest BCUT2D eigenvalue weighted by Crippen LogP contribution is 2.35. The Morgan fingerprint density at radius 1 is 1.54 bits per heavy atom. The van der Waals surface area contributed by atoms with Crippen LogP contribution in [0.15, 0.2) is 17.3 Å². The molecule has 0 aliphatic heterocycles. The van der Waals surface area contributed by atoms with Crippen LogP contribution in [0.4, 0.5) is 0 Å². The lowest BCUT2D eigenvalue weighted by atomic mass is 10.4. The van der Waals surface area contributed by atoms with Gasteiger partial charge in [0.1, 0.15) is 0 Å². The van der Waals surface area contributed by atoms with E-state index in [0.29, 0.717) is 6.10 Å². The molecule has 2 nitrogen and oxygen atoms in total. The fourth-order valence-electron chi connectivity index (χ4n) is 1.05. The molecule has 0 aromatic carbocycles. The summed E-state index contributed by atoms with van der Waals surface area (Å²) in [5.41, 5.74) is 0. The molecular formula is C9H10INOS. The Hall–Kier alpha value is 0.0300. The van der Waals surface area contributed by atoms with Crippen molar-refractivity contribution in [2.24, 2.45) is 0 Å². The van der Waals surface area contributed by atoms with Gasteiger partial charge in [-0.1, -0.05) is 0 Å². The van der Waals surface area contributed by atoms with Crippen molar-refractivity contribution in [1.29, 1.82) is 0 Å². The van der Waals surface area contributed by atoms with Crippen molar-refractivity contribution in [1.82, 2.24) is 4.98 Å². The summed E-state index contributed by atoms with van der Waals surface area (Å²) in [4.78, 5) is 5.34. The third-order valence-corrected chi connectivity index (χ3v) is 3.86. The Kier molecular flexibility index (Phi) is 2.98. The van der Waals surface area contributed by atoms with E-state index in [4.69, 9.17) is 4.74 Å². The highest BCUT2D eigenvalue weighted by atomic mass is 127. The van der Waals surface area contributed by atoms with Crippen LogP contribution in [0.25, 0.3) is 0 Å². The molecule has 1 heterocycles. The second-order valence-corrected chi connectivity index (χ2v) is 4.95. The summed E-state index contributed by atoms with van der Waals surface area (Å²) in [7, 11) is 0. The fraction of sp³-hybridized carbons (Fsp3) is 0.444. The number of rotatable bonds is 3. The summed E-state index contributed by atoms with van der Waals surface area (Å²) in [5.74, 6) is 0.946. The van der Waals surface area contributed by atoms with Gasteiger partial charge >= 0.3 is 0 Å². The van der Waals surface area contributed by atoms with Gasteiger partial charge in [0, 0.05) is 9.77 Å². The molecule has 0 saturated heterocycles. The van der Waals surface area contributed by atoms with Crippen molar-refractivity contribution in [3.05, 3.63) is 16.0 Å². The normalized spacial score (nSPS) is 15.8. The maximum Gasteiger partial charge on any atom is 0.152 e. The van der Waals surface area contributed by atoms with Crippen molar-refractivity contribution >= 4 is 34.4 Å². The van der Waals surface area contributed by atoms with Crippen molar-refractivity contribution in [2.75, 3.05) is 6.26 Å². The zero-order valence-electron chi connectivity index (χ0n) is 7.29. The van der Waals surface area contributed by atoms with Crippen molar-refractivity contribution in [3.8, 4) is 5.75 Å². The largest absolute Gasteiger partial charge is 0.488 e. The molecule has 13 heavy (non-hydrogen) atoms. The molecule has 1 saturated carbocycles. The van der Waals surface area contributed by atoms with Crippen LogP contribution in [0.5, 0.6) is 5.75 Å². The smallest absolute Gasteiger partial charge is 0.152 e. The van der Waals surface area contributed by atoms with E-state index in [0.717, 1.165) is 5.75 Å². The minimum Gasteiger partial charge on any atom is -0.488 e. The van der Waals surface area contributed by atoms with Crippen LogP contribution >= 0.6 is 34.4 Å². The van der Waals surface area contributed by atoms with E-state index in [1.165, 1.54) is 21.3 Å². The van der Waals surface area contributed by atoms with Crippen molar-refractivity contribution < 1.29 is 4.74 Å². The molecule has 1 aliphatic carbocycles. The van der Waals surface area contributed by atoms with Crippen molar-refractivity contribution in [3.63, 3.8) is 0 Å². The van der Waals surface area contributed by atoms with Gasteiger partial charge in [0.15, 0.2) is 5.75 Å². The fourth-order valence-corrected chi connectivity index (χ4v) is 2.69. The second kappa shape index (κ2) is 4.04. The van der Waals surface area contributed by atoms with Crippen molar-refractivity contribution in [2.45, 2.75) is 23.8 Å². The number of pyridine rings is 1. The van der Waals surface area contributed by atoms with Gasteiger partial charge in [-0.25, -0.2) is 0 Å². The maximum atomic E-state index is 5.74. The van der Waals surface area contributed by atoms with Crippen LogP contribution in [-0.2, 0) is 0 Å². The maximum absolute atomic E-state index is 5.74. The van der Waals surface area contributed by atoms with E-state index in [9.17, 15) is 0 Å². The van der Waals surface area contributed by atoms with Crippen LogP contribution in [0.3, 0.4) is 0 Å². The molecule has 4 heteroatoms. The molecule has 1 aromatic heterocycles. The van der Waals surface area contributed by atoms with E-state index in [-0.39, 0.29) is 0 Å². The monoisotopic (exact) mass is 307 g/mol. The molecule has 1 aliphatic rings. The molecule has 0 unspecified atom stereocenters. The molecule has 0 atom stereocenters. The second-order valence-electron chi connectivity index (χ2n) is 2.97. The topological polar surface area (TPSA) is 22.1 Å². The summed E-state index contributed by atoms with van der Waals surface area (Å²) >= 11 is 4.01. The van der Waals surface area contributed by atoms with Crippen LogP contribution in [0.2, 0.25) is 0 Å². The molecule has 0 amide bonds. The Morgan fingerprint density at radius 2 is 2.31 bits per heavy atom. The lowest BCUT2D eigenvalue weighted by Gasteiger charge is -2.09. The average Bonchev–Trinajstić information content (AvgIpc) is 2.89. The molecule has 2 rings (SSSR count). The number of aromatic nitrogens is 1. The van der Waals surface area contributed by atoms with Crippen LogP contribution in [-0.4, -0.2) is 17.3 Å². The highest BCUT2D eigenvalue weighted by Gasteiger charge is 2.25. The standard InChI is InChI=1S/C9H10INOS/c1-13-9-7(10)4-11-5-8(9)12-6-2-3-6/h4-6H,2-3H2,1H3. The first-order valence-electron chi connectivity index (χ1n) is 4.15. The Morgan fingerprint density at radius 3 is 2.92 bits per heavy atom. The SMILES string of the molecule is CSc1c(I)cncc1OC1CC1. The van der Waals surface area contributed by atoms with Gasteiger partial charge in [-0.05, 0) is 41.7 Å². The highest BCUT2D eigenvalue weighted by molar-refractivity contribution is 14.1. The van der Waals surface area contributed by atoms with Gasteiger partial charge < -0.3 is 4.74 Å². The third-order valence-electron chi connectivity index (χ3n) is 1.84. The van der Waals surface area contributed by atoms with Gasteiger partial charge in [-0.15, -0.1) is 11.8 Å². The number of halogens is 1. The van der Waals surface area contributed by atoms with E-state index < -0.39 is 0 Å². The third kappa shape index (κ3) is 2.28. The Balaban J connectivity index is 2.25. The van der Waals surface area contributed by atoms with E-state index >= 15 is 0 Å². The molecule has 1 fully saturated rings. The number of hydrogen-bond acceptors (Lipinski definition) is 3. The minimum absolute atomic E-state index is 0.450. The van der Waals surface area contributed by atoms with Crippen LogP contribution in [0, 0.1) is 3.57 Å². The molecule has 0 N–H and O–H groups in total. The first-order chi connectivity index (χ1) is 6.31. The van der Waals surface area contributed by atoms with Gasteiger partial charge in [0.05, 0.1) is 17.2 Å². The number of hydrogen-bond donors (Lipinski definition) is 0. The lowest BCUT2D eigenvalue weighted by molar-refractivity contribution is 0.294. The number of thioether (sulfide) groups is 1. The Bertz CT molecular complexity index is 314. The van der Waals surface area contributed by atoms with E-state index in [1.54, 1.807) is 11.8 Å². The lowest BCUT2D eigenvalue weighted by Crippen LogP contribution is -1.98. The molecule has 0 radical (unpaired) electrons. The van der Waals surface area contributed by atoms with Crippen LogP contribution < -0.4 is 4.74 Å². The summed E-state index contributed by atoms with van der Waals surface area (Å²) in [6, 6.07) is 0. The zero-order valence-corrected chi connectivity index (χ0v) is 10.3. The van der Waals surface area contributed by atoms with Gasteiger partial charge in [0.25, 0.3) is 0 Å². The summed E-state index contributed by atoms with van der Waals surface area (Å²) in [6.07, 6.45) is 8.58. The first kappa shape index (κ1) is 9.58. The van der Waals surface area contributed by atoms with E-state index in [1.807, 2.05) is 12.4 Å². The molecular weight excluding hydrogens is 297 g/mol. The molecule has 70 valence electrons. The average molecular weight is 307 g/mol. The van der Waals surface area contributed by atoms with E-state index in [2.05, 4.69) is 33.8 Å². The number of nitrogens with zero attached hydrogens (tertiary/aromatic N) is 1. The van der Waals surface area contributed by atoms with Gasteiger partial charge in [-0.3, -0.25) is 4.98 Å². The minimum atomic E-state index is 0.450. The van der Waals surface area contributed by atoms with Gasteiger partial charge in [-0.2, -0.15) is 0 Å². The van der Waals surface area contributed by atoms with Gasteiger partial charge in [0.2, 0.25) is 0 Å². The summed E-state index contributed by atoms with van der Waals surface area (Å²) < 4.78 is 6.91.